The second-order valence-corrected chi connectivity index (χ2v) is 7.31. The van der Waals surface area contributed by atoms with Crippen molar-refractivity contribution in [1.82, 2.24) is 9.88 Å². The fraction of sp³-hybridized carbons (Fsp3) is 0.333. The van der Waals surface area contributed by atoms with Crippen molar-refractivity contribution in [2.24, 2.45) is 0 Å². The van der Waals surface area contributed by atoms with Gasteiger partial charge >= 0.3 is 0 Å². The van der Waals surface area contributed by atoms with Crippen LogP contribution >= 0.6 is 0 Å². The molecule has 1 aliphatic rings. The third kappa shape index (κ3) is 4.19. The maximum atomic E-state index is 11.8. The number of rotatable bonds is 5. The van der Waals surface area contributed by atoms with Crippen LogP contribution in [0.3, 0.4) is 0 Å². The topological polar surface area (TPSA) is 51.7 Å². The Hall–Kier alpha value is -3.08. The molecular formula is C24H26N2O3. The van der Waals surface area contributed by atoms with E-state index in [1.54, 1.807) is 7.11 Å². The van der Waals surface area contributed by atoms with Gasteiger partial charge in [-0.15, -0.1) is 0 Å². The number of benzene rings is 2. The zero-order valence-electron chi connectivity index (χ0n) is 16.9. The van der Waals surface area contributed by atoms with Crippen LogP contribution in [0.2, 0.25) is 0 Å². The Bertz CT molecular complexity index is 993. The Morgan fingerprint density at radius 2 is 1.83 bits per heavy atom. The standard InChI is InChI=1S/C24H26N2O3/c1-3-23(27)26-14-12-20(13-15-26)29-19-10-8-17(9-11-19)21-16-18-6-4-5-7-22(18)25-24(21)28-2/h4-11,16,20H,3,12-15H2,1-2H3. The van der Waals surface area contributed by atoms with Crippen LogP contribution < -0.4 is 9.47 Å². The van der Waals surface area contributed by atoms with E-state index in [1.807, 2.05) is 54.3 Å². The maximum Gasteiger partial charge on any atom is 0.222 e. The number of amides is 1. The molecule has 0 bridgehead atoms. The molecular weight excluding hydrogens is 364 g/mol. The van der Waals surface area contributed by atoms with E-state index in [-0.39, 0.29) is 12.0 Å². The van der Waals surface area contributed by atoms with E-state index in [1.165, 1.54) is 0 Å². The van der Waals surface area contributed by atoms with Crippen molar-refractivity contribution < 1.29 is 14.3 Å². The van der Waals surface area contributed by atoms with Gasteiger partial charge in [0.2, 0.25) is 11.8 Å². The highest BCUT2D eigenvalue weighted by molar-refractivity contribution is 5.86. The first-order chi connectivity index (χ1) is 14.2. The smallest absolute Gasteiger partial charge is 0.222 e. The second kappa shape index (κ2) is 8.52. The van der Waals surface area contributed by atoms with Gasteiger partial charge in [-0.1, -0.05) is 37.3 Å². The predicted molar refractivity (Wildman–Crippen MR) is 114 cm³/mol. The number of hydrogen-bond acceptors (Lipinski definition) is 4. The van der Waals surface area contributed by atoms with Gasteiger partial charge in [-0.2, -0.15) is 0 Å². The minimum atomic E-state index is 0.152. The molecule has 4 rings (SSSR count). The number of ether oxygens (including phenoxy) is 2. The van der Waals surface area contributed by atoms with Crippen LogP contribution in [-0.2, 0) is 4.79 Å². The van der Waals surface area contributed by atoms with Crippen molar-refractivity contribution in [3.63, 3.8) is 0 Å². The van der Waals surface area contributed by atoms with Gasteiger partial charge in [0.1, 0.15) is 11.9 Å². The molecule has 0 atom stereocenters. The molecule has 0 N–H and O–H groups in total. The molecule has 0 aliphatic carbocycles. The van der Waals surface area contributed by atoms with E-state index < -0.39 is 0 Å². The second-order valence-electron chi connectivity index (χ2n) is 7.31. The lowest BCUT2D eigenvalue weighted by Gasteiger charge is -2.32. The van der Waals surface area contributed by atoms with Gasteiger partial charge < -0.3 is 14.4 Å². The number of piperidine rings is 1. The summed E-state index contributed by atoms with van der Waals surface area (Å²) in [6.07, 6.45) is 2.46. The normalized spacial score (nSPS) is 14.8. The van der Waals surface area contributed by atoms with Crippen molar-refractivity contribution in [1.29, 1.82) is 0 Å². The molecule has 1 amide bonds. The summed E-state index contributed by atoms with van der Waals surface area (Å²) in [6, 6.07) is 18.2. The quantitative estimate of drug-likeness (QED) is 0.634. The summed E-state index contributed by atoms with van der Waals surface area (Å²) in [4.78, 5) is 18.4. The van der Waals surface area contributed by atoms with Gasteiger partial charge in [-0.05, 0) is 29.8 Å². The lowest BCUT2D eigenvalue weighted by Crippen LogP contribution is -2.41. The summed E-state index contributed by atoms with van der Waals surface area (Å²) in [7, 11) is 1.65. The number of nitrogens with zero attached hydrogens (tertiary/aromatic N) is 2. The SMILES string of the molecule is CCC(=O)N1CCC(Oc2ccc(-c3cc4ccccc4nc3OC)cc2)CC1. The van der Waals surface area contributed by atoms with Crippen LogP contribution in [0.1, 0.15) is 26.2 Å². The van der Waals surface area contributed by atoms with E-state index in [0.717, 1.165) is 53.7 Å². The number of para-hydroxylation sites is 1. The molecule has 5 heteroatoms. The number of fused-ring (bicyclic) bond motifs is 1. The first-order valence-corrected chi connectivity index (χ1v) is 10.2. The van der Waals surface area contributed by atoms with Gasteiger partial charge in [0.15, 0.2) is 0 Å². The summed E-state index contributed by atoms with van der Waals surface area (Å²) in [5.74, 6) is 1.69. The Balaban J connectivity index is 1.47. The minimum absolute atomic E-state index is 0.152. The average molecular weight is 390 g/mol. The largest absolute Gasteiger partial charge is 0.490 e. The number of likely N-dealkylation sites (tertiary alicyclic amines) is 1. The van der Waals surface area contributed by atoms with Gasteiger partial charge in [-0.25, -0.2) is 4.98 Å². The number of carbonyl (C=O) groups is 1. The molecule has 29 heavy (non-hydrogen) atoms. The van der Waals surface area contributed by atoms with E-state index >= 15 is 0 Å². The fourth-order valence-electron chi connectivity index (χ4n) is 3.81. The minimum Gasteiger partial charge on any atom is -0.490 e. The van der Waals surface area contributed by atoms with E-state index in [2.05, 4.69) is 17.1 Å². The molecule has 1 saturated heterocycles. The number of methoxy groups -OCH3 is 1. The first-order valence-electron chi connectivity index (χ1n) is 10.2. The third-order valence-corrected chi connectivity index (χ3v) is 5.45. The van der Waals surface area contributed by atoms with Crippen molar-refractivity contribution in [2.75, 3.05) is 20.2 Å². The molecule has 3 aromatic rings. The molecule has 1 aliphatic heterocycles. The zero-order valence-corrected chi connectivity index (χ0v) is 16.9. The number of hydrogen-bond donors (Lipinski definition) is 0. The van der Waals surface area contributed by atoms with Crippen LogP contribution in [0, 0.1) is 0 Å². The van der Waals surface area contributed by atoms with Gasteiger partial charge in [0, 0.05) is 43.3 Å². The monoisotopic (exact) mass is 390 g/mol. The Kier molecular flexibility index (Phi) is 5.65. The van der Waals surface area contributed by atoms with Gasteiger partial charge in [-0.3, -0.25) is 4.79 Å². The van der Waals surface area contributed by atoms with Crippen LogP contribution in [0.5, 0.6) is 11.6 Å². The molecule has 150 valence electrons. The van der Waals surface area contributed by atoms with E-state index in [9.17, 15) is 4.79 Å². The first kappa shape index (κ1) is 19.2. The van der Waals surface area contributed by atoms with Crippen LogP contribution in [0.25, 0.3) is 22.0 Å². The van der Waals surface area contributed by atoms with E-state index in [4.69, 9.17) is 9.47 Å². The molecule has 2 heterocycles. The summed E-state index contributed by atoms with van der Waals surface area (Å²) in [5.41, 5.74) is 2.92. The maximum absolute atomic E-state index is 11.8. The summed E-state index contributed by atoms with van der Waals surface area (Å²) in [6.45, 7) is 3.46. The third-order valence-electron chi connectivity index (χ3n) is 5.45. The predicted octanol–water partition coefficient (Wildman–Crippen LogP) is 4.69. The summed E-state index contributed by atoms with van der Waals surface area (Å²) < 4.78 is 11.7. The Morgan fingerprint density at radius 3 is 2.52 bits per heavy atom. The van der Waals surface area contributed by atoms with Crippen molar-refractivity contribution >= 4 is 16.8 Å². The molecule has 5 nitrogen and oxygen atoms in total. The summed E-state index contributed by atoms with van der Waals surface area (Å²) >= 11 is 0. The highest BCUT2D eigenvalue weighted by Gasteiger charge is 2.23. The van der Waals surface area contributed by atoms with Gasteiger partial charge in [0.25, 0.3) is 0 Å². The molecule has 0 unspecified atom stereocenters. The molecule has 1 fully saturated rings. The number of pyridine rings is 1. The average Bonchev–Trinajstić information content (AvgIpc) is 2.78. The molecule has 0 radical (unpaired) electrons. The highest BCUT2D eigenvalue weighted by Crippen LogP contribution is 2.33. The Morgan fingerprint density at radius 1 is 1.10 bits per heavy atom. The summed E-state index contributed by atoms with van der Waals surface area (Å²) in [5, 5.41) is 1.08. The fourth-order valence-corrected chi connectivity index (χ4v) is 3.81. The number of aromatic nitrogens is 1. The van der Waals surface area contributed by atoms with E-state index in [0.29, 0.717) is 12.3 Å². The van der Waals surface area contributed by atoms with Crippen molar-refractivity contribution in [2.45, 2.75) is 32.3 Å². The van der Waals surface area contributed by atoms with Crippen LogP contribution in [-0.4, -0.2) is 42.1 Å². The zero-order chi connectivity index (χ0) is 20.2. The molecule has 1 aromatic heterocycles. The molecule has 0 spiro atoms. The lowest BCUT2D eigenvalue weighted by atomic mass is 10.0. The Labute approximate surface area is 171 Å². The highest BCUT2D eigenvalue weighted by atomic mass is 16.5. The molecule has 2 aromatic carbocycles. The molecule has 0 saturated carbocycles. The van der Waals surface area contributed by atoms with Crippen LogP contribution in [0.4, 0.5) is 0 Å². The van der Waals surface area contributed by atoms with Crippen molar-refractivity contribution in [3.05, 3.63) is 54.6 Å². The van der Waals surface area contributed by atoms with Gasteiger partial charge in [0.05, 0.1) is 12.6 Å². The van der Waals surface area contributed by atoms with Crippen molar-refractivity contribution in [3.8, 4) is 22.8 Å². The lowest BCUT2D eigenvalue weighted by molar-refractivity contribution is -0.132. The van der Waals surface area contributed by atoms with Crippen LogP contribution in [0.15, 0.2) is 54.6 Å². The number of carbonyl (C=O) groups excluding carboxylic acids is 1.